The fourth-order valence-corrected chi connectivity index (χ4v) is 3.89. The van der Waals surface area contributed by atoms with E-state index in [1.807, 2.05) is 25.7 Å². The highest BCUT2D eigenvalue weighted by molar-refractivity contribution is 5.69. The molecule has 1 aromatic heterocycles. The largest absolute Gasteiger partial charge is 0.444 e. The second kappa shape index (κ2) is 6.19. The summed E-state index contributed by atoms with van der Waals surface area (Å²) >= 11 is 0. The molecule has 0 aromatic carbocycles. The summed E-state index contributed by atoms with van der Waals surface area (Å²) in [6.07, 6.45) is 6.20. The van der Waals surface area contributed by atoms with Crippen LogP contribution < -0.4 is 5.32 Å². The van der Waals surface area contributed by atoms with Crippen molar-refractivity contribution in [3.63, 3.8) is 0 Å². The highest BCUT2D eigenvalue weighted by Gasteiger charge is 2.44. The number of amides is 1. The summed E-state index contributed by atoms with van der Waals surface area (Å²) in [6.45, 7) is 6.68. The molecule has 3 heterocycles. The van der Waals surface area contributed by atoms with E-state index in [-0.39, 0.29) is 6.09 Å². The van der Waals surface area contributed by atoms with E-state index >= 15 is 0 Å². The van der Waals surface area contributed by atoms with Crippen LogP contribution >= 0.6 is 0 Å². The van der Waals surface area contributed by atoms with Crippen LogP contribution in [0.2, 0.25) is 0 Å². The summed E-state index contributed by atoms with van der Waals surface area (Å²) in [6, 6.07) is 5.37. The highest BCUT2D eigenvalue weighted by Crippen LogP contribution is 2.36. The fourth-order valence-electron chi connectivity index (χ4n) is 3.89. The highest BCUT2D eigenvalue weighted by atomic mass is 16.6. The number of fused-ring (bicyclic) bond motifs is 2. The van der Waals surface area contributed by atoms with Crippen molar-refractivity contribution in [2.75, 3.05) is 0 Å². The summed E-state index contributed by atoms with van der Waals surface area (Å²) in [5.41, 5.74) is 0.880. The molecule has 2 bridgehead atoms. The molecule has 1 aromatic rings. The van der Waals surface area contributed by atoms with E-state index < -0.39 is 5.60 Å². The first-order chi connectivity index (χ1) is 10.8. The quantitative estimate of drug-likeness (QED) is 0.931. The Kier molecular flexibility index (Phi) is 4.41. The van der Waals surface area contributed by atoms with Crippen LogP contribution in [-0.2, 0) is 18.3 Å². The summed E-state index contributed by atoms with van der Waals surface area (Å²) in [4.78, 5) is 14.5. The minimum absolute atomic E-state index is 0.133. The standard InChI is InChI=1S/C18H29N3O2/c1-18(2,3)23-17(22)21-14-7-8-15(21)11-13(10-14)19-12-16-6-5-9-20(16)4/h5-6,9,13-15,19H,7-8,10-12H2,1-4H3. The zero-order valence-corrected chi connectivity index (χ0v) is 14.7. The molecule has 128 valence electrons. The molecule has 1 N–H and O–H groups in total. The summed E-state index contributed by atoms with van der Waals surface area (Å²) in [7, 11) is 2.08. The molecule has 2 unspecified atom stereocenters. The molecule has 0 radical (unpaired) electrons. The number of rotatable bonds is 3. The molecular formula is C18H29N3O2. The van der Waals surface area contributed by atoms with Crippen LogP contribution in [0.25, 0.3) is 0 Å². The van der Waals surface area contributed by atoms with Crippen molar-refractivity contribution in [3.8, 4) is 0 Å². The van der Waals surface area contributed by atoms with Gasteiger partial charge in [0.2, 0.25) is 0 Å². The molecule has 1 amide bonds. The summed E-state index contributed by atoms with van der Waals surface area (Å²) in [5.74, 6) is 0. The number of carbonyl (C=O) groups excluding carboxylic acids is 1. The Morgan fingerprint density at radius 1 is 1.30 bits per heavy atom. The van der Waals surface area contributed by atoms with Gasteiger partial charge in [-0.2, -0.15) is 0 Å². The third-order valence-electron chi connectivity index (χ3n) is 4.96. The van der Waals surface area contributed by atoms with Crippen molar-refractivity contribution in [1.82, 2.24) is 14.8 Å². The number of aryl methyl sites for hydroxylation is 1. The third-order valence-corrected chi connectivity index (χ3v) is 4.96. The second-order valence-electron chi connectivity index (χ2n) is 7.93. The Bertz CT molecular complexity index is 547. The maximum Gasteiger partial charge on any atom is 0.410 e. The van der Waals surface area contributed by atoms with Gasteiger partial charge < -0.3 is 19.5 Å². The van der Waals surface area contributed by atoms with Crippen molar-refractivity contribution >= 4 is 6.09 Å². The Morgan fingerprint density at radius 2 is 1.96 bits per heavy atom. The van der Waals surface area contributed by atoms with Gasteiger partial charge in [-0.15, -0.1) is 0 Å². The lowest BCUT2D eigenvalue weighted by molar-refractivity contribution is 0.00464. The second-order valence-corrected chi connectivity index (χ2v) is 7.93. The predicted octanol–water partition coefficient (Wildman–Crippen LogP) is 3.05. The molecule has 0 saturated carbocycles. The molecular weight excluding hydrogens is 290 g/mol. The minimum atomic E-state index is -0.418. The van der Waals surface area contributed by atoms with Gasteiger partial charge in [0.25, 0.3) is 0 Å². The van der Waals surface area contributed by atoms with Gasteiger partial charge in [0.15, 0.2) is 0 Å². The van der Waals surface area contributed by atoms with Crippen molar-refractivity contribution < 1.29 is 9.53 Å². The van der Waals surface area contributed by atoms with Gasteiger partial charge in [-0.1, -0.05) is 0 Å². The fraction of sp³-hybridized carbons (Fsp3) is 0.722. The Labute approximate surface area is 139 Å². The minimum Gasteiger partial charge on any atom is -0.444 e. The molecule has 2 aliphatic heterocycles. The molecule has 2 saturated heterocycles. The number of nitrogens with zero attached hydrogens (tertiary/aromatic N) is 2. The number of nitrogens with one attached hydrogen (secondary N) is 1. The summed E-state index contributed by atoms with van der Waals surface area (Å²) < 4.78 is 7.74. The van der Waals surface area contributed by atoms with E-state index in [0.29, 0.717) is 18.1 Å². The normalized spacial score (nSPS) is 27.3. The van der Waals surface area contributed by atoms with Crippen LogP contribution in [-0.4, -0.2) is 39.3 Å². The van der Waals surface area contributed by atoms with E-state index in [4.69, 9.17) is 4.74 Å². The molecule has 2 fully saturated rings. The smallest absolute Gasteiger partial charge is 0.410 e. The number of hydrogen-bond donors (Lipinski definition) is 1. The molecule has 0 spiro atoms. The Balaban J connectivity index is 1.56. The maximum absolute atomic E-state index is 12.5. The van der Waals surface area contributed by atoms with Crippen molar-refractivity contribution in [2.24, 2.45) is 7.05 Å². The number of hydrogen-bond acceptors (Lipinski definition) is 3. The lowest BCUT2D eigenvalue weighted by atomic mass is 9.97. The molecule has 23 heavy (non-hydrogen) atoms. The van der Waals surface area contributed by atoms with E-state index in [0.717, 1.165) is 32.2 Å². The van der Waals surface area contributed by atoms with E-state index in [1.54, 1.807) is 0 Å². The summed E-state index contributed by atoms with van der Waals surface area (Å²) in [5, 5.41) is 3.67. The van der Waals surface area contributed by atoms with E-state index in [1.165, 1.54) is 5.69 Å². The SMILES string of the molecule is Cn1cccc1CNC1CC2CCC(C1)N2C(=O)OC(C)(C)C. The van der Waals surface area contributed by atoms with Crippen LogP contribution in [0.5, 0.6) is 0 Å². The number of carbonyl (C=O) groups is 1. The first-order valence-electron chi connectivity index (χ1n) is 8.68. The van der Waals surface area contributed by atoms with Crippen LogP contribution in [0, 0.1) is 0 Å². The van der Waals surface area contributed by atoms with Gasteiger partial charge in [-0.05, 0) is 58.6 Å². The molecule has 5 nitrogen and oxygen atoms in total. The number of ether oxygens (including phenoxy) is 1. The monoisotopic (exact) mass is 319 g/mol. The van der Waals surface area contributed by atoms with Gasteiger partial charge in [-0.3, -0.25) is 0 Å². The molecule has 2 aliphatic rings. The molecule has 3 rings (SSSR count). The van der Waals surface area contributed by atoms with Gasteiger partial charge >= 0.3 is 6.09 Å². The average molecular weight is 319 g/mol. The average Bonchev–Trinajstić information content (AvgIpc) is 2.96. The van der Waals surface area contributed by atoms with Gasteiger partial charge in [0.05, 0.1) is 0 Å². The number of aromatic nitrogens is 1. The van der Waals surface area contributed by atoms with Gasteiger partial charge in [0, 0.05) is 43.6 Å². The topological polar surface area (TPSA) is 46.5 Å². The van der Waals surface area contributed by atoms with Crippen LogP contribution in [0.15, 0.2) is 18.3 Å². The predicted molar refractivity (Wildman–Crippen MR) is 90.2 cm³/mol. The zero-order valence-electron chi connectivity index (χ0n) is 14.7. The third kappa shape index (κ3) is 3.71. The van der Waals surface area contributed by atoms with E-state index in [2.05, 4.69) is 35.3 Å². The van der Waals surface area contributed by atoms with Crippen molar-refractivity contribution in [1.29, 1.82) is 0 Å². The van der Waals surface area contributed by atoms with E-state index in [9.17, 15) is 4.79 Å². The van der Waals surface area contributed by atoms with Crippen molar-refractivity contribution in [3.05, 3.63) is 24.0 Å². The molecule has 2 atom stereocenters. The van der Waals surface area contributed by atoms with Gasteiger partial charge in [-0.25, -0.2) is 4.79 Å². The zero-order chi connectivity index (χ0) is 16.6. The van der Waals surface area contributed by atoms with Crippen LogP contribution in [0.3, 0.4) is 0 Å². The lowest BCUT2D eigenvalue weighted by Gasteiger charge is -2.39. The van der Waals surface area contributed by atoms with Crippen LogP contribution in [0.1, 0.15) is 52.1 Å². The lowest BCUT2D eigenvalue weighted by Crippen LogP contribution is -2.52. The molecule has 0 aliphatic carbocycles. The van der Waals surface area contributed by atoms with Gasteiger partial charge in [0.1, 0.15) is 5.60 Å². The first-order valence-corrected chi connectivity index (χ1v) is 8.68. The Hall–Kier alpha value is -1.49. The Morgan fingerprint density at radius 3 is 2.48 bits per heavy atom. The molecule has 5 heteroatoms. The van der Waals surface area contributed by atoms with Crippen molar-refractivity contribution in [2.45, 2.75) is 76.7 Å². The number of piperidine rings is 1. The first kappa shape index (κ1) is 16.4. The maximum atomic E-state index is 12.5. The van der Waals surface area contributed by atoms with Crippen LogP contribution in [0.4, 0.5) is 4.79 Å².